The summed E-state index contributed by atoms with van der Waals surface area (Å²) in [5.74, 6) is -5.67. The van der Waals surface area contributed by atoms with Gasteiger partial charge in [0.2, 0.25) is 35.4 Å². The number of aliphatic carboxylic acids is 1. The van der Waals surface area contributed by atoms with E-state index in [4.69, 9.17) is 5.73 Å². The van der Waals surface area contributed by atoms with Crippen LogP contribution in [0.25, 0.3) is 0 Å². The fourth-order valence-electron chi connectivity index (χ4n) is 9.84. The second kappa shape index (κ2) is 26.4. The van der Waals surface area contributed by atoms with Crippen LogP contribution in [0.2, 0.25) is 0 Å². The van der Waals surface area contributed by atoms with Crippen molar-refractivity contribution in [2.75, 3.05) is 13.1 Å². The molecule has 5 aromatic rings. The van der Waals surface area contributed by atoms with Crippen LogP contribution in [0.15, 0.2) is 133 Å². The quantitative estimate of drug-likeness (QED) is 0.0432. The number of ketones is 1. The minimum Gasteiger partial charge on any atom is -0.508 e. The second-order valence-electron chi connectivity index (χ2n) is 19.9. The molecule has 18 heteroatoms. The number of hydrogen-bond acceptors (Lipinski definition) is 11. The molecule has 0 aromatic heterocycles. The summed E-state index contributed by atoms with van der Waals surface area (Å²) in [5, 5.41) is 41.2. The lowest BCUT2D eigenvalue weighted by molar-refractivity contribution is -0.145. The van der Waals surface area contributed by atoms with E-state index in [-0.39, 0.29) is 62.5 Å². The smallest absolute Gasteiger partial charge is 0.326 e. The van der Waals surface area contributed by atoms with E-state index in [1.54, 1.807) is 116 Å². The number of carbonyl (C=O) groups excluding carboxylic acids is 7. The zero-order valence-corrected chi connectivity index (χ0v) is 43.2. The first-order valence-electron chi connectivity index (χ1n) is 26.1. The van der Waals surface area contributed by atoms with Gasteiger partial charge in [-0.15, -0.1) is 0 Å². The molecule has 8 atom stereocenters. The maximum absolute atomic E-state index is 14.7. The number of carbonyl (C=O) groups is 8. The molecule has 0 unspecified atom stereocenters. The summed E-state index contributed by atoms with van der Waals surface area (Å²) < 4.78 is 0. The Hall–Kier alpha value is -8.38. The Bertz CT molecular complexity index is 2870. The van der Waals surface area contributed by atoms with Crippen molar-refractivity contribution in [1.82, 2.24) is 31.1 Å². The number of phenolic OH excluding ortho intramolecular Hbond substituents is 2. The molecule has 0 bridgehead atoms. The SMILES string of the molecule is CC[C@H](C)[C@H](NC(=O)[C@H](Cc1ccccc1)NC(=O)[C@H](Cc1ccc(O)cc1)NC(=O)[C@@H]1CCCN1C(=O)[C@@H](N)Cc1ccc(O)cc1)C(=O)N1CCC[C@H]1C(=O)N[C@@H](Cc1ccc(C(=O)c2ccccc2)cc1)C(=O)O. The molecule has 2 aliphatic heterocycles. The van der Waals surface area contributed by atoms with E-state index in [1.165, 1.54) is 34.1 Å². The van der Waals surface area contributed by atoms with Crippen LogP contribution in [0.5, 0.6) is 11.5 Å². The molecular formula is C59H67N7O11. The van der Waals surface area contributed by atoms with Crippen LogP contribution in [0.3, 0.4) is 0 Å². The Morgan fingerprint density at radius 3 is 1.47 bits per heavy atom. The molecule has 2 heterocycles. The lowest BCUT2D eigenvalue weighted by atomic mass is 9.96. The number of aromatic hydroxyl groups is 2. The first-order valence-corrected chi connectivity index (χ1v) is 26.1. The predicted octanol–water partition coefficient (Wildman–Crippen LogP) is 3.98. The number of likely N-dealkylation sites (tertiary alicyclic amines) is 2. The van der Waals surface area contributed by atoms with E-state index in [0.717, 1.165) is 0 Å². The number of nitrogens with two attached hydrogens (primary N) is 1. The van der Waals surface area contributed by atoms with Gasteiger partial charge in [0.15, 0.2) is 5.78 Å². The monoisotopic (exact) mass is 1050 g/mol. The lowest BCUT2D eigenvalue weighted by Gasteiger charge is -2.33. The van der Waals surface area contributed by atoms with Crippen LogP contribution in [-0.4, -0.2) is 128 Å². The van der Waals surface area contributed by atoms with Gasteiger partial charge in [-0.2, -0.15) is 0 Å². The Morgan fingerprint density at radius 2 is 0.948 bits per heavy atom. The molecule has 18 nitrogen and oxygen atoms in total. The van der Waals surface area contributed by atoms with Gasteiger partial charge < -0.3 is 52.1 Å². The van der Waals surface area contributed by atoms with Crippen molar-refractivity contribution in [2.45, 2.75) is 114 Å². The first kappa shape index (κ1) is 56.3. The molecule has 0 radical (unpaired) electrons. The number of rotatable bonds is 23. The third kappa shape index (κ3) is 14.9. The van der Waals surface area contributed by atoms with Gasteiger partial charge in [0.1, 0.15) is 47.8 Å². The number of phenols is 2. The molecule has 7 rings (SSSR count). The molecule has 404 valence electrons. The van der Waals surface area contributed by atoms with Gasteiger partial charge in [0.25, 0.3) is 0 Å². The highest BCUT2D eigenvalue weighted by atomic mass is 16.4. The predicted molar refractivity (Wildman–Crippen MR) is 286 cm³/mol. The number of hydrogen-bond donors (Lipinski definition) is 8. The summed E-state index contributed by atoms with van der Waals surface area (Å²) in [5.41, 5.74) is 9.80. The van der Waals surface area contributed by atoms with E-state index in [2.05, 4.69) is 21.3 Å². The maximum atomic E-state index is 14.7. The van der Waals surface area contributed by atoms with Crippen molar-refractivity contribution in [2.24, 2.45) is 11.7 Å². The van der Waals surface area contributed by atoms with Gasteiger partial charge in [-0.3, -0.25) is 33.6 Å². The average molecular weight is 1050 g/mol. The second-order valence-corrected chi connectivity index (χ2v) is 19.9. The zero-order valence-electron chi connectivity index (χ0n) is 43.2. The minimum atomic E-state index is -1.37. The fourth-order valence-corrected chi connectivity index (χ4v) is 9.84. The largest absolute Gasteiger partial charge is 0.508 e. The van der Waals surface area contributed by atoms with Crippen LogP contribution in [0.1, 0.15) is 84.1 Å². The Balaban J connectivity index is 1.06. The number of nitrogens with one attached hydrogen (secondary N) is 4. The van der Waals surface area contributed by atoms with Crippen LogP contribution in [0.4, 0.5) is 0 Å². The highest BCUT2D eigenvalue weighted by Crippen LogP contribution is 2.24. The molecule has 2 aliphatic rings. The number of amides is 6. The summed E-state index contributed by atoms with van der Waals surface area (Å²) >= 11 is 0. The summed E-state index contributed by atoms with van der Waals surface area (Å²) in [7, 11) is 0. The normalized spacial score (nSPS) is 17.4. The number of benzene rings is 5. The molecule has 0 aliphatic carbocycles. The summed E-state index contributed by atoms with van der Waals surface area (Å²) in [6, 6.07) is 28.3. The van der Waals surface area contributed by atoms with E-state index in [0.29, 0.717) is 59.1 Å². The third-order valence-electron chi connectivity index (χ3n) is 14.4. The molecule has 0 saturated carbocycles. The van der Waals surface area contributed by atoms with E-state index < -0.39 is 89.6 Å². The molecule has 5 aromatic carbocycles. The van der Waals surface area contributed by atoms with E-state index in [1.807, 2.05) is 6.92 Å². The minimum absolute atomic E-state index is 0.0186. The van der Waals surface area contributed by atoms with Crippen LogP contribution < -0.4 is 27.0 Å². The Labute approximate surface area is 447 Å². The molecule has 6 amide bonds. The lowest BCUT2D eigenvalue weighted by Crippen LogP contribution is -2.61. The maximum Gasteiger partial charge on any atom is 0.326 e. The third-order valence-corrected chi connectivity index (χ3v) is 14.4. The standard InChI is InChI=1S/C59H67N7O11/c1-3-36(2)51(58(75)66-31-11-17-50(66)56(73)63-48(59(76)77)35-39-18-24-42(25-19-39)52(69)41-14-8-5-9-15-41)64-54(71)47(33-37-12-6-4-7-13-37)61-53(70)46(34-40-22-28-44(68)29-23-40)62-55(72)49-16-10-30-65(49)57(74)45(60)32-38-20-26-43(67)27-21-38/h4-9,12-15,18-29,36,45-51,67-68H,3,10-11,16-17,30-35,60H2,1-2H3,(H,61,70)(H,62,72)(H,63,73)(H,64,71)(H,76,77)/t36-,45-,46-,47-,48-,49-,50-,51-/m0/s1. The number of carboxylic acid groups (broad SMARTS) is 1. The Kier molecular flexibility index (Phi) is 19.3. The topological polar surface area (TPSA) is 278 Å². The van der Waals surface area contributed by atoms with Crippen molar-refractivity contribution in [1.29, 1.82) is 0 Å². The zero-order chi connectivity index (χ0) is 55.2. The van der Waals surface area contributed by atoms with Crippen molar-refractivity contribution >= 4 is 47.2 Å². The highest BCUT2D eigenvalue weighted by Gasteiger charge is 2.42. The Morgan fingerprint density at radius 1 is 0.532 bits per heavy atom. The van der Waals surface area contributed by atoms with E-state index in [9.17, 15) is 53.7 Å². The van der Waals surface area contributed by atoms with Crippen LogP contribution >= 0.6 is 0 Å². The van der Waals surface area contributed by atoms with Crippen molar-refractivity contribution in [3.63, 3.8) is 0 Å². The average Bonchev–Trinajstić information content (AvgIpc) is 4.15. The van der Waals surface area contributed by atoms with Gasteiger partial charge in [0.05, 0.1) is 6.04 Å². The number of carboxylic acids is 1. The van der Waals surface area contributed by atoms with Gasteiger partial charge in [0, 0.05) is 43.5 Å². The van der Waals surface area contributed by atoms with Crippen molar-refractivity contribution < 1.29 is 53.7 Å². The molecule has 2 fully saturated rings. The summed E-state index contributed by atoms with van der Waals surface area (Å²) in [4.78, 5) is 114. The van der Waals surface area contributed by atoms with Crippen LogP contribution in [0, 0.1) is 5.92 Å². The summed E-state index contributed by atoms with van der Waals surface area (Å²) in [6.45, 7) is 4.03. The molecule has 0 spiro atoms. The van der Waals surface area contributed by atoms with Crippen molar-refractivity contribution in [3.05, 3.63) is 167 Å². The molecule has 77 heavy (non-hydrogen) atoms. The molecular weight excluding hydrogens is 983 g/mol. The number of nitrogens with zero attached hydrogens (tertiary/aromatic N) is 2. The van der Waals surface area contributed by atoms with Gasteiger partial charge in [-0.05, 0) is 84.5 Å². The fraction of sp³-hybridized carbons (Fsp3) is 0.356. The van der Waals surface area contributed by atoms with Gasteiger partial charge >= 0.3 is 5.97 Å². The first-order chi connectivity index (χ1) is 37.0. The van der Waals surface area contributed by atoms with Crippen molar-refractivity contribution in [3.8, 4) is 11.5 Å². The van der Waals surface area contributed by atoms with Gasteiger partial charge in [-0.1, -0.05) is 129 Å². The van der Waals surface area contributed by atoms with Gasteiger partial charge in [-0.25, -0.2) is 4.79 Å². The van der Waals surface area contributed by atoms with E-state index >= 15 is 0 Å². The molecule has 2 saturated heterocycles. The van der Waals surface area contributed by atoms with Crippen LogP contribution in [-0.2, 0) is 59.2 Å². The molecule has 9 N–H and O–H groups in total. The highest BCUT2D eigenvalue weighted by molar-refractivity contribution is 6.09. The summed E-state index contributed by atoms with van der Waals surface area (Å²) in [6.07, 6.45) is 1.85.